The number of hydrogen-bond acceptors (Lipinski definition) is 4. The van der Waals surface area contributed by atoms with Gasteiger partial charge in [0.1, 0.15) is 0 Å². The van der Waals surface area contributed by atoms with Crippen LogP contribution < -0.4 is 0 Å². The van der Waals surface area contributed by atoms with Gasteiger partial charge in [-0.1, -0.05) is 6.07 Å². The van der Waals surface area contributed by atoms with Crippen LogP contribution in [-0.4, -0.2) is 22.5 Å². The quantitative estimate of drug-likeness (QED) is 0.704. The molecule has 2 rings (SSSR count). The van der Waals surface area contributed by atoms with Gasteiger partial charge < -0.3 is 0 Å². The van der Waals surface area contributed by atoms with Crippen LogP contribution in [0.5, 0.6) is 0 Å². The molecule has 104 valence electrons. The van der Waals surface area contributed by atoms with Crippen LogP contribution >= 0.6 is 34.3 Å². The van der Waals surface area contributed by atoms with Gasteiger partial charge >= 0.3 is 0 Å². The van der Waals surface area contributed by atoms with E-state index in [0.717, 1.165) is 25.2 Å². The van der Waals surface area contributed by atoms with E-state index in [1.807, 2.05) is 11.3 Å². The van der Waals surface area contributed by atoms with Crippen LogP contribution in [0.25, 0.3) is 0 Å². The van der Waals surface area contributed by atoms with Gasteiger partial charge in [0, 0.05) is 35.8 Å². The maximum atomic E-state index is 5.78. The Balaban J connectivity index is 1.89. The Morgan fingerprint density at radius 1 is 1.37 bits per heavy atom. The molecular weight excluding hydrogens is 296 g/mol. The Kier molecular flexibility index (Phi) is 5.82. The minimum Gasteiger partial charge on any atom is -0.295 e. The lowest BCUT2D eigenvalue weighted by atomic mass is 10.2. The predicted molar refractivity (Wildman–Crippen MR) is 85.2 cm³/mol. The van der Waals surface area contributed by atoms with Crippen LogP contribution in [0.3, 0.4) is 0 Å². The zero-order chi connectivity index (χ0) is 13.7. The highest BCUT2D eigenvalue weighted by atomic mass is 35.5. The molecule has 0 saturated carbocycles. The molecule has 2 nitrogen and oxygen atoms in total. The first-order chi connectivity index (χ1) is 9.19. The second-order valence-electron chi connectivity index (χ2n) is 4.76. The van der Waals surface area contributed by atoms with Gasteiger partial charge in [0.2, 0.25) is 0 Å². The molecule has 0 amide bonds. The van der Waals surface area contributed by atoms with Crippen molar-refractivity contribution in [3.63, 3.8) is 0 Å². The van der Waals surface area contributed by atoms with E-state index in [4.69, 9.17) is 11.6 Å². The fourth-order valence-electron chi connectivity index (χ4n) is 1.89. The topological polar surface area (TPSA) is 16.1 Å². The first-order valence-electron chi connectivity index (χ1n) is 6.44. The van der Waals surface area contributed by atoms with E-state index in [0.29, 0.717) is 11.9 Å². The molecule has 0 fully saturated rings. The summed E-state index contributed by atoms with van der Waals surface area (Å²) >= 11 is 9.33. The summed E-state index contributed by atoms with van der Waals surface area (Å²) in [7, 11) is 0. The van der Waals surface area contributed by atoms with Gasteiger partial charge in [-0.15, -0.1) is 34.3 Å². The molecule has 19 heavy (non-hydrogen) atoms. The van der Waals surface area contributed by atoms with E-state index < -0.39 is 0 Å². The fourth-order valence-corrected chi connectivity index (χ4v) is 3.63. The zero-order valence-corrected chi connectivity index (χ0v) is 13.7. The molecule has 0 radical (unpaired) electrons. The second kappa shape index (κ2) is 7.39. The third-order valence-corrected chi connectivity index (χ3v) is 5.11. The molecule has 2 aromatic rings. The number of hydrogen-bond donors (Lipinski definition) is 0. The molecule has 0 aliphatic heterocycles. The van der Waals surface area contributed by atoms with E-state index >= 15 is 0 Å². The van der Waals surface area contributed by atoms with Gasteiger partial charge in [0.05, 0.1) is 16.6 Å². The average Bonchev–Trinajstić information content (AvgIpc) is 3.05. The Labute approximate surface area is 128 Å². The Morgan fingerprint density at radius 3 is 2.79 bits per heavy atom. The predicted octanol–water partition coefficient (Wildman–Crippen LogP) is 4.40. The summed E-state index contributed by atoms with van der Waals surface area (Å²) in [4.78, 5) is 8.44. The molecule has 2 aromatic heterocycles. The SMILES string of the molecule is CC(C)N(CCc1nc(CCl)cs1)Cc1cccs1. The van der Waals surface area contributed by atoms with Crippen molar-refractivity contribution in [2.75, 3.05) is 6.54 Å². The van der Waals surface area contributed by atoms with Crippen molar-refractivity contribution in [2.24, 2.45) is 0 Å². The first kappa shape index (κ1) is 15.0. The molecule has 5 heteroatoms. The minimum atomic E-state index is 0.513. The normalized spacial score (nSPS) is 11.6. The number of aromatic nitrogens is 1. The molecule has 0 aliphatic rings. The summed E-state index contributed by atoms with van der Waals surface area (Å²) in [5.41, 5.74) is 0.996. The smallest absolute Gasteiger partial charge is 0.0941 e. The Bertz CT molecular complexity index is 479. The molecule has 0 aliphatic carbocycles. The van der Waals surface area contributed by atoms with Crippen LogP contribution in [0.2, 0.25) is 0 Å². The van der Waals surface area contributed by atoms with Gasteiger partial charge in [-0.05, 0) is 25.3 Å². The van der Waals surface area contributed by atoms with Crippen molar-refractivity contribution < 1.29 is 0 Å². The highest BCUT2D eigenvalue weighted by molar-refractivity contribution is 7.10. The molecule has 0 aromatic carbocycles. The Hall–Kier alpha value is -0.420. The van der Waals surface area contributed by atoms with Gasteiger partial charge in [-0.3, -0.25) is 4.90 Å². The van der Waals surface area contributed by atoms with Gasteiger partial charge in [-0.2, -0.15) is 0 Å². The van der Waals surface area contributed by atoms with Crippen molar-refractivity contribution in [1.82, 2.24) is 9.88 Å². The lowest BCUT2D eigenvalue weighted by Gasteiger charge is -2.25. The molecule has 2 heterocycles. The molecule has 0 N–H and O–H groups in total. The lowest BCUT2D eigenvalue weighted by molar-refractivity contribution is 0.217. The minimum absolute atomic E-state index is 0.513. The standard InChI is InChI=1S/C14H19ClN2S2/c1-11(2)17(9-13-4-3-7-18-13)6-5-14-16-12(8-15)10-19-14/h3-4,7,10-11H,5-6,8-9H2,1-2H3. The Morgan fingerprint density at radius 2 is 2.21 bits per heavy atom. The number of thiazole rings is 1. The summed E-state index contributed by atoms with van der Waals surface area (Å²) < 4.78 is 0. The van der Waals surface area contributed by atoms with Crippen molar-refractivity contribution in [3.05, 3.63) is 38.5 Å². The highest BCUT2D eigenvalue weighted by Crippen LogP contribution is 2.16. The molecule has 0 spiro atoms. The van der Waals surface area contributed by atoms with E-state index in [1.54, 1.807) is 11.3 Å². The highest BCUT2D eigenvalue weighted by Gasteiger charge is 2.12. The number of rotatable bonds is 7. The van der Waals surface area contributed by atoms with E-state index in [2.05, 4.69) is 46.6 Å². The van der Waals surface area contributed by atoms with Crippen LogP contribution in [-0.2, 0) is 18.8 Å². The van der Waals surface area contributed by atoms with Gasteiger partial charge in [-0.25, -0.2) is 4.98 Å². The largest absolute Gasteiger partial charge is 0.295 e. The zero-order valence-electron chi connectivity index (χ0n) is 11.3. The molecule has 0 atom stereocenters. The van der Waals surface area contributed by atoms with Crippen LogP contribution in [0.4, 0.5) is 0 Å². The van der Waals surface area contributed by atoms with Crippen molar-refractivity contribution in [1.29, 1.82) is 0 Å². The lowest BCUT2D eigenvalue weighted by Crippen LogP contribution is -2.32. The summed E-state index contributed by atoms with van der Waals surface area (Å²) in [5.74, 6) is 0.513. The third kappa shape index (κ3) is 4.56. The average molecular weight is 315 g/mol. The van der Waals surface area contributed by atoms with Crippen LogP contribution in [0, 0.1) is 0 Å². The number of thiophene rings is 1. The summed E-state index contributed by atoms with van der Waals surface area (Å²) in [6.07, 6.45) is 1.01. The third-order valence-electron chi connectivity index (χ3n) is 3.02. The van der Waals surface area contributed by atoms with Crippen molar-refractivity contribution in [2.45, 2.75) is 38.7 Å². The van der Waals surface area contributed by atoms with Gasteiger partial charge in [0.25, 0.3) is 0 Å². The number of alkyl halides is 1. The maximum Gasteiger partial charge on any atom is 0.0941 e. The van der Waals surface area contributed by atoms with Crippen molar-refractivity contribution >= 4 is 34.3 Å². The molecular formula is C14H19ClN2S2. The van der Waals surface area contributed by atoms with Crippen molar-refractivity contribution in [3.8, 4) is 0 Å². The summed E-state index contributed by atoms with van der Waals surface area (Å²) in [6.45, 7) is 6.58. The molecule has 0 bridgehead atoms. The molecule has 0 saturated heterocycles. The number of halogens is 1. The van der Waals surface area contributed by atoms with Gasteiger partial charge in [0.15, 0.2) is 0 Å². The monoisotopic (exact) mass is 314 g/mol. The summed E-state index contributed by atoms with van der Waals surface area (Å²) in [5, 5.41) is 5.38. The fraction of sp³-hybridized carbons (Fsp3) is 0.500. The van der Waals surface area contributed by atoms with E-state index in [-0.39, 0.29) is 0 Å². The summed E-state index contributed by atoms with van der Waals surface area (Å²) in [6, 6.07) is 4.87. The molecule has 0 unspecified atom stereocenters. The van der Waals surface area contributed by atoms with E-state index in [1.165, 1.54) is 9.88 Å². The van der Waals surface area contributed by atoms with Crippen LogP contribution in [0.15, 0.2) is 22.9 Å². The first-order valence-corrected chi connectivity index (χ1v) is 8.74. The maximum absolute atomic E-state index is 5.78. The second-order valence-corrected chi connectivity index (χ2v) is 7.00. The van der Waals surface area contributed by atoms with E-state index in [9.17, 15) is 0 Å². The van der Waals surface area contributed by atoms with Crippen LogP contribution in [0.1, 0.15) is 29.4 Å². The number of nitrogens with zero attached hydrogens (tertiary/aromatic N) is 2.